The minimum Gasteiger partial charge on any atom is -0.304 e. The third-order valence-electron chi connectivity index (χ3n) is 7.19. The summed E-state index contributed by atoms with van der Waals surface area (Å²) in [6.07, 6.45) is 8.51. The highest BCUT2D eigenvalue weighted by molar-refractivity contribution is 5.92. The van der Waals surface area contributed by atoms with E-state index in [0.29, 0.717) is 22.9 Å². The number of amides is 1. The van der Waals surface area contributed by atoms with Crippen LogP contribution < -0.4 is 5.32 Å². The molecule has 2 aromatic heterocycles. The maximum atomic E-state index is 13.6. The molecule has 7 nitrogen and oxygen atoms in total. The predicted octanol–water partition coefficient (Wildman–Crippen LogP) is 3.82. The Kier molecular flexibility index (Phi) is 6.78. The molecular formula is C26H31FN6O. The largest absolute Gasteiger partial charge is 0.304 e. The maximum absolute atomic E-state index is 13.6. The summed E-state index contributed by atoms with van der Waals surface area (Å²) in [5, 5.41) is 3.78. The quantitative estimate of drug-likeness (QED) is 0.621. The van der Waals surface area contributed by atoms with Crippen LogP contribution >= 0.6 is 0 Å². The minimum atomic E-state index is -0.383. The number of fused-ring (bicyclic) bond motifs is 1. The Morgan fingerprint density at radius 2 is 1.82 bits per heavy atom. The summed E-state index contributed by atoms with van der Waals surface area (Å²) in [5.74, 6) is 0.619. The number of hydrogen-bond donors (Lipinski definition) is 1. The molecule has 8 heteroatoms. The lowest BCUT2D eigenvalue weighted by atomic mass is 9.81. The van der Waals surface area contributed by atoms with Crippen molar-refractivity contribution >= 4 is 22.8 Å². The van der Waals surface area contributed by atoms with Crippen LogP contribution in [-0.4, -0.2) is 70.4 Å². The van der Waals surface area contributed by atoms with Gasteiger partial charge in [0.2, 0.25) is 11.9 Å². The molecule has 1 aliphatic heterocycles. The first kappa shape index (κ1) is 22.8. The SMILES string of the molecule is CN1CCN(CC2CCC(C(=O)Nc3ncc4ccc(-c5cncc(F)c5)cc4n3)CC2)CC1. The fraction of sp³-hybridized carbons (Fsp3) is 0.462. The Balaban J connectivity index is 1.19. The van der Waals surface area contributed by atoms with Crippen molar-refractivity contribution in [2.24, 2.45) is 11.8 Å². The van der Waals surface area contributed by atoms with Crippen molar-refractivity contribution in [1.29, 1.82) is 0 Å². The summed E-state index contributed by atoms with van der Waals surface area (Å²) < 4.78 is 13.6. The van der Waals surface area contributed by atoms with Crippen molar-refractivity contribution in [2.45, 2.75) is 25.7 Å². The van der Waals surface area contributed by atoms with Gasteiger partial charge in [-0.25, -0.2) is 14.4 Å². The summed E-state index contributed by atoms with van der Waals surface area (Å²) in [7, 11) is 2.18. The van der Waals surface area contributed by atoms with Crippen molar-refractivity contribution in [2.75, 3.05) is 45.1 Å². The van der Waals surface area contributed by atoms with E-state index in [-0.39, 0.29) is 17.6 Å². The van der Waals surface area contributed by atoms with Crippen LogP contribution in [0.2, 0.25) is 0 Å². The average Bonchev–Trinajstić information content (AvgIpc) is 2.85. The van der Waals surface area contributed by atoms with Gasteiger partial charge in [0.05, 0.1) is 11.7 Å². The number of likely N-dealkylation sites (N-methyl/N-ethyl adjacent to an activating group) is 1. The summed E-state index contributed by atoms with van der Waals surface area (Å²) in [5.41, 5.74) is 2.19. The highest BCUT2D eigenvalue weighted by Crippen LogP contribution is 2.30. The van der Waals surface area contributed by atoms with E-state index < -0.39 is 0 Å². The molecular weight excluding hydrogens is 431 g/mol. The van der Waals surface area contributed by atoms with Gasteiger partial charge in [-0.05, 0) is 56.3 Å². The van der Waals surface area contributed by atoms with Gasteiger partial charge in [-0.2, -0.15) is 0 Å². The fourth-order valence-electron chi connectivity index (χ4n) is 5.05. The predicted molar refractivity (Wildman–Crippen MR) is 131 cm³/mol. The number of anilines is 1. The van der Waals surface area contributed by atoms with Gasteiger partial charge in [0, 0.05) is 62.0 Å². The highest BCUT2D eigenvalue weighted by Gasteiger charge is 2.28. The van der Waals surface area contributed by atoms with Crippen molar-refractivity contribution < 1.29 is 9.18 Å². The normalized spacial score (nSPS) is 22.1. The maximum Gasteiger partial charge on any atom is 0.229 e. The van der Waals surface area contributed by atoms with Crippen LogP contribution in [0.25, 0.3) is 22.0 Å². The molecule has 1 aromatic carbocycles. The lowest BCUT2D eigenvalue weighted by Crippen LogP contribution is -2.46. The Morgan fingerprint density at radius 3 is 2.59 bits per heavy atom. The number of carbonyl (C=O) groups excluding carboxylic acids is 1. The number of rotatable bonds is 5. The molecule has 1 saturated heterocycles. The van der Waals surface area contributed by atoms with Gasteiger partial charge in [-0.1, -0.05) is 12.1 Å². The van der Waals surface area contributed by atoms with Gasteiger partial charge in [-0.15, -0.1) is 0 Å². The minimum absolute atomic E-state index is 0.00267. The Morgan fingerprint density at radius 1 is 1.03 bits per heavy atom. The van der Waals surface area contributed by atoms with E-state index in [2.05, 4.69) is 37.1 Å². The molecule has 0 radical (unpaired) electrons. The molecule has 5 rings (SSSR count). The zero-order valence-corrected chi connectivity index (χ0v) is 19.6. The van der Waals surface area contributed by atoms with Gasteiger partial charge >= 0.3 is 0 Å². The monoisotopic (exact) mass is 462 g/mol. The zero-order chi connectivity index (χ0) is 23.5. The van der Waals surface area contributed by atoms with Crippen LogP contribution in [0.1, 0.15) is 25.7 Å². The van der Waals surface area contributed by atoms with E-state index in [1.54, 1.807) is 12.4 Å². The summed E-state index contributed by atoms with van der Waals surface area (Å²) in [6, 6.07) is 7.09. The van der Waals surface area contributed by atoms with E-state index in [4.69, 9.17) is 0 Å². The van der Waals surface area contributed by atoms with Gasteiger partial charge in [0.15, 0.2) is 0 Å². The molecule has 1 amide bonds. The van der Waals surface area contributed by atoms with E-state index in [0.717, 1.165) is 69.4 Å². The molecule has 3 aromatic rings. The molecule has 2 aliphatic rings. The second-order valence-electron chi connectivity index (χ2n) is 9.67. The third-order valence-corrected chi connectivity index (χ3v) is 7.19. The molecule has 34 heavy (non-hydrogen) atoms. The first-order valence-electron chi connectivity index (χ1n) is 12.1. The molecule has 0 atom stereocenters. The fourth-order valence-corrected chi connectivity index (χ4v) is 5.05. The lowest BCUT2D eigenvalue weighted by molar-refractivity contribution is -0.121. The van der Waals surface area contributed by atoms with Gasteiger partial charge in [-0.3, -0.25) is 15.1 Å². The number of carbonyl (C=O) groups is 1. The standard InChI is InChI=1S/C26H31FN6O/c1-32-8-10-33(11-9-32)17-18-2-4-19(5-3-18)25(34)31-26-29-15-21-7-6-20(13-24(21)30-26)22-12-23(27)16-28-14-22/h6-7,12-16,18-19H,2-5,8-11,17H2,1H3,(H,29,30,31,34). The highest BCUT2D eigenvalue weighted by atomic mass is 19.1. The number of piperazine rings is 1. The molecule has 0 spiro atoms. The van der Waals surface area contributed by atoms with Crippen LogP contribution in [0.3, 0.4) is 0 Å². The van der Waals surface area contributed by atoms with E-state index in [1.165, 1.54) is 12.3 Å². The molecule has 178 valence electrons. The van der Waals surface area contributed by atoms with Crippen molar-refractivity contribution in [3.63, 3.8) is 0 Å². The number of benzene rings is 1. The topological polar surface area (TPSA) is 74.2 Å². The third kappa shape index (κ3) is 5.39. The van der Waals surface area contributed by atoms with Crippen LogP contribution in [-0.2, 0) is 4.79 Å². The number of aromatic nitrogens is 3. The number of pyridine rings is 1. The van der Waals surface area contributed by atoms with Crippen LogP contribution in [0, 0.1) is 17.7 Å². The second kappa shape index (κ2) is 10.1. The van der Waals surface area contributed by atoms with E-state index >= 15 is 0 Å². The summed E-state index contributed by atoms with van der Waals surface area (Å²) >= 11 is 0. The zero-order valence-electron chi connectivity index (χ0n) is 19.6. The van der Waals surface area contributed by atoms with E-state index in [9.17, 15) is 9.18 Å². The first-order chi connectivity index (χ1) is 16.5. The van der Waals surface area contributed by atoms with Gasteiger partial charge in [0.25, 0.3) is 0 Å². The molecule has 0 unspecified atom stereocenters. The van der Waals surface area contributed by atoms with Crippen LogP contribution in [0.5, 0.6) is 0 Å². The first-order valence-corrected chi connectivity index (χ1v) is 12.1. The Labute approximate surface area is 199 Å². The van der Waals surface area contributed by atoms with Gasteiger partial charge in [0.1, 0.15) is 5.82 Å². The number of nitrogens with zero attached hydrogens (tertiary/aromatic N) is 5. The molecule has 1 N–H and O–H groups in total. The smallest absolute Gasteiger partial charge is 0.229 e. The summed E-state index contributed by atoms with van der Waals surface area (Å²) in [4.78, 5) is 30.7. The van der Waals surface area contributed by atoms with Gasteiger partial charge < -0.3 is 9.80 Å². The van der Waals surface area contributed by atoms with Crippen molar-refractivity contribution in [3.8, 4) is 11.1 Å². The number of nitrogens with one attached hydrogen (secondary N) is 1. The van der Waals surface area contributed by atoms with E-state index in [1.807, 2.05) is 18.2 Å². The Bertz CT molecular complexity index is 1150. The Hall–Kier alpha value is -2.97. The number of hydrogen-bond acceptors (Lipinski definition) is 6. The number of halogens is 1. The van der Waals surface area contributed by atoms with Crippen LogP contribution in [0.15, 0.2) is 42.9 Å². The summed E-state index contributed by atoms with van der Waals surface area (Å²) in [6.45, 7) is 5.73. The molecule has 0 bridgehead atoms. The molecule has 1 saturated carbocycles. The second-order valence-corrected chi connectivity index (χ2v) is 9.67. The van der Waals surface area contributed by atoms with Crippen LogP contribution in [0.4, 0.5) is 10.3 Å². The molecule has 2 fully saturated rings. The van der Waals surface area contributed by atoms with Crippen molar-refractivity contribution in [1.82, 2.24) is 24.8 Å². The average molecular weight is 463 g/mol. The molecule has 3 heterocycles. The van der Waals surface area contributed by atoms with Crippen molar-refractivity contribution in [3.05, 3.63) is 48.7 Å². The molecule has 1 aliphatic carbocycles. The lowest BCUT2D eigenvalue weighted by Gasteiger charge is -2.36.